The molecule has 18 heavy (non-hydrogen) atoms. The van der Waals surface area contributed by atoms with Crippen molar-refractivity contribution in [2.75, 3.05) is 6.61 Å². The Morgan fingerprint density at radius 1 is 1.39 bits per heavy atom. The van der Waals surface area contributed by atoms with Gasteiger partial charge in [0.25, 0.3) is 0 Å². The van der Waals surface area contributed by atoms with Gasteiger partial charge in [0, 0.05) is 6.54 Å². The molecule has 0 spiro atoms. The van der Waals surface area contributed by atoms with Crippen LogP contribution in [0, 0.1) is 0 Å². The molecule has 0 saturated heterocycles. The Hall–Kier alpha value is -1.39. The minimum absolute atomic E-state index is 0.0102. The summed E-state index contributed by atoms with van der Waals surface area (Å²) in [6.07, 6.45) is 2.50. The average Bonchev–Trinajstić information content (AvgIpc) is 3.18. The van der Waals surface area contributed by atoms with Crippen LogP contribution in [0.2, 0.25) is 0 Å². The Labute approximate surface area is 106 Å². The molecule has 2 aliphatic rings. The number of aliphatic hydroxyl groups excluding tert-OH is 1. The molecule has 1 fully saturated rings. The monoisotopic (exact) mass is 246 g/mol. The van der Waals surface area contributed by atoms with E-state index in [9.17, 15) is 9.90 Å². The van der Waals surface area contributed by atoms with Crippen molar-refractivity contribution in [3.63, 3.8) is 0 Å². The Kier molecular flexibility index (Phi) is 2.84. The smallest absolute Gasteiger partial charge is 0.237 e. The van der Waals surface area contributed by atoms with Gasteiger partial charge >= 0.3 is 0 Å². The van der Waals surface area contributed by atoms with E-state index in [2.05, 4.69) is 22.8 Å². The number of benzene rings is 1. The van der Waals surface area contributed by atoms with Gasteiger partial charge in [0.05, 0.1) is 18.2 Å². The van der Waals surface area contributed by atoms with Crippen LogP contribution >= 0.6 is 0 Å². The maximum absolute atomic E-state index is 12.1. The Morgan fingerprint density at radius 3 is 2.78 bits per heavy atom. The molecule has 0 radical (unpaired) electrons. The van der Waals surface area contributed by atoms with Gasteiger partial charge < -0.3 is 15.7 Å². The van der Waals surface area contributed by atoms with E-state index in [1.54, 1.807) is 0 Å². The minimum atomic E-state index is -0.324. The zero-order chi connectivity index (χ0) is 12.6. The average molecular weight is 246 g/mol. The fraction of sp³-hybridized carbons (Fsp3) is 0.500. The summed E-state index contributed by atoms with van der Waals surface area (Å²) in [6.45, 7) is 0.780. The quantitative estimate of drug-likeness (QED) is 0.721. The van der Waals surface area contributed by atoms with E-state index in [4.69, 9.17) is 0 Å². The van der Waals surface area contributed by atoms with Crippen LogP contribution in [0.15, 0.2) is 24.3 Å². The molecule has 1 heterocycles. The van der Waals surface area contributed by atoms with Crippen LogP contribution in [-0.4, -0.2) is 29.2 Å². The lowest BCUT2D eigenvalue weighted by Gasteiger charge is -2.27. The molecule has 96 valence electrons. The highest BCUT2D eigenvalue weighted by Crippen LogP contribution is 2.34. The molecule has 0 bridgehead atoms. The highest BCUT2D eigenvalue weighted by Gasteiger charge is 2.44. The maximum atomic E-state index is 12.1. The zero-order valence-electron chi connectivity index (χ0n) is 10.3. The van der Waals surface area contributed by atoms with E-state index < -0.39 is 0 Å². The van der Waals surface area contributed by atoms with Gasteiger partial charge in [-0.05, 0) is 30.4 Å². The fourth-order valence-electron chi connectivity index (χ4n) is 2.46. The second-order valence-corrected chi connectivity index (χ2v) is 5.33. The van der Waals surface area contributed by atoms with Crippen LogP contribution in [0.4, 0.5) is 0 Å². The SMILES string of the molecule is O=C(NC1(CO)CC1)[C@H]1Cc2ccccc2CN1. The van der Waals surface area contributed by atoms with Crippen molar-refractivity contribution in [2.24, 2.45) is 0 Å². The third kappa shape index (κ3) is 2.13. The summed E-state index contributed by atoms with van der Waals surface area (Å²) in [5.74, 6) is 0.0102. The van der Waals surface area contributed by atoms with E-state index in [0.717, 1.165) is 25.8 Å². The first kappa shape index (κ1) is 11.7. The van der Waals surface area contributed by atoms with E-state index in [0.29, 0.717) is 0 Å². The molecule has 0 aromatic heterocycles. The van der Waals surface area contributed by atoms with Gasteiger partial charge in [-0.1, -0.05) is 24.3 Å². The summed E-state index contributed by atoms with van der Waals surface area (Å²) in [5.41, 5.74) is 2.19. The van der Waals surface area contributed by atoms with Crippen molar-refractivity contribution in [3.05, 3.63) is 35.4 Å². The molecular weight excluding hydrogens is 228 g/mol. The lowest BCUT2D eigenvalue weighted by molar-refractivity contribution is -0.124. The predicted molar refractivity (Wildman–Crippen MR) is 68.0 cm³/mol. The molecule has 3 rings (SSSR count). The van der Waals surface area contributed by atoms with Crippen LogP contribution in [0.3, 0.4) is 0 Å². The molecule has 1 amide bonds. The summed E-state index contributed by atoms with van der Waals surface area (Å²) in [6, 6.07) is 8.02. The van der Waals surface area contributed by atoms with Gasteiger partial charge in [0.2, 0.25) is 5.91 Å². The molecule has 1 saturated carbocycles. The Balaban J connectivity index is 1.67. The largest absolute Gasteiger partial charge is 0.394 e. The van der Waals surface area contributed by atoms with Gasteiger partial charge in [-0.3, -0.25) is 4.79 Å². The van der Waals surface area contributed by atoms with Gasteiger partial charge in [-0.2, -0.15) is 0 Å². The number of amides is 1. The summed E-state index contributed by atoms with van der Waals surface area (Å²) >= 11 is 0. The summed E-state index contributed by atoms with van der Waals surface area (Å²) in [7, 11) is 0. The Morgan fingerprint density at radius 2 is 2.11 bits per heavy atom. The normalized spacial score (nSPS) is 24.2. The molecule has 3 N–H and O–H groups in total. The topological polar surface area (TPSA) is 61.4 Å². The first-order chi connectivity index (χ1) is 8.72. The number of rotatable bonds is 3. The molecule has 0 unspecified atom stereocenters. The number of nitrogens with one attached hydrogen (secondary N) is 2. The van der Waals surface area contributed by atoms with Crippen LogP contribution in [0.1, 0.15) is 24.0 Å². The number of carbonyl (C=O) groups excluding carboxylic acids is 1. The first-order valence-corrected chi connectivity index (χ1v) is 6.45. The molecule has 4 heteroatoms. The van der Waals surface area contributed by atoms with Crippen molar-refractivity contribution in [3.8, 4) is 0 Å². The van der Waals surface area contributed by atoms with Crippen molar-refractivity contribution in [1.29, 1.82) is 0 Å². The molecular formula is C14H18N2O2. The van der Waals surface area contributed by atoms with Crippen LogP contribution < -0.4 is 10.6 Å². The van der Waals surface area contributed by atoms with Gasteiger partial charge in [-0.15, -0.1) is 0 Å². The van der Waals surface area contributed by atoms with Crippen molar-refractivity contribution < 1.29 is 9.90 Å². The first-order valence-electron chi connectivity index (χ1n) is 6.45. The second-order valence-electron chi connectivity index (χ2n) is 5.33. The molecule has 1 aromatic rings. The van der Waals surface area contributed by atoms with Crippen molar-refractivity contribution >= 4 is 5.91 Å². The predicted octanol–water partition coefficient (Wildman–Crippen LogP) is 0.342. The third-order valence-corrected chi connectivity index (χ3v) is 3.94. The van der Waals surface area contributed by atoms with Gasteiger partial charge in [0.1, 0.15) is 0 Å². The lowest BCUT2D eigenvalue weighted by Crippen LogP contribution is -2.52. The number of carbonyl (C=O) groups is 1. The Bertz CT molecular complexity index is 469. The molecule has 1 aliphatic carbocycles. The molecule has 1 atom stereocenters. The second kappa shape index (κ2) is 4.37. The van der Waals surface area contributed by atoms with Crippen LogP contribution in [-0.2, 0) is 17.8 Å². The summed E-state index contributed by atoms with van der Waals surface area (Å²) < 4.78 is 0. The van der Waals surface area contributed by atoms with Crippen molar-refractivity contribution in [2.45, 2.75) is 37.4 Å². The van der Waals surface area contributed by atoms with Gasteiger partial charge in [0.15, 0.2) is 0 Å². The van der Waals surface area contributed by atoms with E-state index >= 15 is 0 Å². The molecule has 1 aliphatic heterocycles. The fourth-order valence-corrected chi connectivity index (χ4v) is 2.46. The summed E-state index contributed by atoms with van der Waals surface area (Å²) in [4.78, 5) is 12.1. The molecule has 1 aromatic carbocycles. The van der Waals surface area contributed by atoms with Crippen LogP contribution in [0.5, 0.6) is 0 Å². The van der Waals surface area contributed by atoms with E-state index in [1.807, 2.05) is 12.1 Å². The minimum Gasteiger partial charge on any atom is -0.394 e. The number of hydrogen-bond acceptors (Lipinski definition) is 3. The highest BCUT2D eigenvalue weighted by molar-refractivity contribution is 5.83. The maximum Gasteiger partial charge on any atom is 0.237 e. The third-order valence-electron chi connectivity index (χ3n) is 3.94. The van der Waals surface area contributed by atoms with E-state index in [-0.39, 0.29) is 24.1 Å². The standard InChI is InChI=1S/C14H18N2O2/c17-9-14(5-6-14)16-13(18)12-7-10-3-1-2-4-11(10)8-15-12/h1-4,12,15,17H,5-9H2,(H,16,18)/t12-/m1/s1. The number of aliphatic hydroxyl groups is 1. The van der Waals surface area contributed by atoms with Crippen molar-refractivity contribution in [1.82, 2.24) is 10.6 Å². The number of fused-ring (bicyclic) bond motifs is 1. The van der Waals surface area contributed by atoms with Crippen LogP contribution in [0.25, 0.3) is 0 Å². The molecule has 4 nitrogen and oxygen atoms in total. The number of hydrogen-bond donors (Lipinski definition) is 3. The van der Waals surface area contributed by atoms with E-state index in [1.165, 1.54) is 11.1 Å². The zero-order valence-corrected chi connectivity index (χ0v) is 10.3. The highest BCUT2D eigenvalue weighted by atomic mass is 16.3. The lowest BCUT2D eigenvalue weighted by atomic mass is 9.95. The van der Waals surface area contributed by atoms with Gasteiger partial charge in [-0.25, -0.2) is 0 Å². The summed E-state index contributed by atoms with van der Waals surface area (Å²) in [5, 5.41) is 15.4.